The second kappa shape index (κ2) is 9.57. The highest BCUT2D eigenvalue weighted by Crippen LogP contribution is 2.28. The lowest BCUT2D eigenvalue weighted by Gasteiger charge is -2.10. The summed E-state index contributed by atoms with van der Waals surface area (Å²) in [5.74, 6) is -0.359. The summed E-state index contributed by atoms with van der Waals surface area (Å²) >= 11 is 0. The summed E-state index contributed by atoms with van der Waals surface area (Å²) in [6.45, 7) is 7.50. The first kappa shape index (κ1) is 21.5. The fraction of sp³-hybridized carbons (Fsp3) is 0.250. The van der Waals surface area contributed by atoms with Crippen LogP contribution in [0.2, 0.25) is 0 Å². The third kappa shape index (κ3) is 4.76. The Morgan fingerprint density at radius 2 is 2.00 bits per heavy atom. The van der Waals surface area contributed by atoms with Crippen LogP contribution >= 0.6 is 0 Å². The lowest BCUT2D eigenvalue weighted by atomic mass is 10.1. The van der Waals surface area contributed by atoms with Gasteiger partial charge in [0.2, 0.25) is 5.91 Å². The number of pyridine rings is 2. The largest absolute Gasteiger partial charge is 0.357 e. The van der Waals surface area contributed by atoms with Gasteiger partial charge in [0.15, 0.2) is 0 Å². The number of hydrogen-bond acceptors (Lipinski definition) is 5. The Labute approximate surface area is 186 Å². The maximum Gasteiger partial charge on any atom is 0.253 e. The monoisotopic (exact) mass is 430 g/mol. The van der Waals surface area contributed by atoms with E-state index in [9.17, 15) is 9.59 Å². The van der Waals surface area contributed by atoms with Gasteiger partial charge in [-0.15, -0.1) is 0 Å². The lowest BCUT2D eigenvalue weighted by Crippen LogP contribution is -2.28. The number of hydrogen-bond donors (Lipinski definition) is 4. The van der Waals surface area contributed by atoms with Crippen LogP contribution < -0.4 is 16.0 Å². The van der Waals surface area contributed by atoms with Crippen molar-refractivity contribution >= 4 is 17.5 Å². The van der Waals surface area contributed by atoms with Crippen molar-refractivity contribution in [2.45, 2.75) is 26.3 Å². The molecule has 32 heavy (non-hydrogen) atoms. The zero-order valence-electron chi connectivity index (χ0n) is 18.0. The van der Waals surface area contributed by atoms with Gasteiger partial charge in [-0.05, 0) is 56.7 Å². The van der Waals surface area contributed by atoms with Gasteiger partial charge in [-0.2, -0.15) is 0 Å². The molecule has 3 aromatic rings. The average molecular weight is 431 g/mol. The number of carbonyl (C=O) groups excluding carboxylic acids is 2. The molecule has 4 rings (SSSR count). The highest BCUT2D eigenvalue weighted by molar-refractivity contribution is 5.99. The maximum atomic E-state index is 12.6. The summed E-state index contributed by atoms with van der Waals surface area (Å²) in [6, 6.07) is 7.56. The third-order valence-corrected chi connectivity index (χ3v) is 5.41. The van der Waals surface area contributed by atoms with Crippen LogP contribution in [0.15, 0.2) is 49.3 Å². The van der Waals surface area contributed by atoms with Gasteiger partial charge in [0.05, 0.1) is 22.6 Å². The van der Waals surface area contributed by atoms with E-state index in [4.69, 9.17) is 0 Å². The molecular formula is C24H26N6O2. The van der Waals surface area contributed by atoms with E-state index in [2.05, 4.69) is 37.5 Å². The molecule has 8 heteroatoms. The van der Waals surface area contributed by atoms with E-state index in [0.29, 0.717) is 35.7 Å². The second-order valence-corrected chi connectivity index (χ2v) is 7.70. The number of nitrogens with one attached hydrogen (secondary N) is 4. The zero-order chi connectivity index (χ0) is 22.5. The molecule has 0 spiro atoms. The van der Waals surface area contributed by atoms with Crippen molar-refractivity contribution in [1.29, 1.82) is 0 Å². The number of aromatic amines is 1. The highest BCUT2D eigenvalue weighted by atomic mass is 16.2. The van der Waals surface area contributed by atoms with Gasteiger partial charge in [-0.1, -0.05) is 6.58 Å². The van der Waals surface area contributed by atoms with E-state index in [-0.39, 0.29) is 11.8 Å². The summed E-state index contributed by atoms with van der Waals surface area (Å²) in [5.41, 5.74) is 6.06. The van der Waals surface area contributed by atoms with Crippen LogP contribution in [0.3, 0.4) is 0 Å². The van der Waals surface area contributed by atoms with Crippen LogP contribution in [-0.4, -0.2) is 39.9 Å². The van der Waals surface area contributed by atoms with Gasteiger partial charge in [-0.3, -0.25) is 19.6 Å². The first-order valence-corrected chi connectivity index (χ1v) is 10.6. The van der Waals surface area contributed by atoms with E-state index < -0.39 is 0 Å². The fourth-order valence-corrected chi connectivity index (χ4v) is 3.62. The quantitative estimate of drug-likeness (QED) is 0.475. The molecular weight excluding hydrogens is 404 g/mol. The van der Waals surface area contributed by atoms with Gasteiger partial charge in [0, 0.05) is 48.0 Å². The summed E-state index contributed by atoms with van der Waals surface area (Å²) in [4.78, 5) is 36.6. The minimum absolute atomic E-state index is 0.0641. The van der Waals surface area contributed by atoms with Crippen LogP contribution in [-0.2, 0) is 11.3 Å². The molecule has 4 heterocycles. The standard InChI is InChI=1S/C24H26N6O2/c1-3-23(31)30-19-11-17(13-28-15(19)2)20-10-16(6-9-26-20)21-12-18-22(29-21)14-25-7-4-5-8-27-24(18)32/h3,6,9-13,25,29H,1,4-5,7-8,14H2,2H3,(H,27,32)(H,30,31). The number of amides is 2. The molecule has 0 saturated heterocycles. The molecule has 0 radical (unpaired) electrons. The summed E-state index contributed by atoms with van der Waals surface area (Å²) in [6.07, 6.45) is 6.65. The highest BCUT2D eigenvalue weighted by Gasteiger charge is 2.17. The minimum Gasteiger partial charge on any atom is -0.357 e. The van der Waals surface area contributed by atoms with Crippen molar-refractivity contribution in [3.8, 4) is 22.5 Å². The number of aromatic nitrogens is 3. The minimum atomic E-state index is -0.295. The zero-order valence-corrected chi connectivity index (χ0v) is 18.0. The van der Waals surface area contributed by atoms with Gasteiger partial charge in [0.25, 0.3) is 5.91 Å². The number of anilines is 1. The molecule has 8 nitrogen and oxygen atoms in total. The molecule has 3 aromatic heterocycles. The molecule has 164 valence electrons. The molecule has 0 fully saturated rings. The van der Waals surface area contributed by atoms with Gasteiger partial charge >= 0.3 is 0 Å². The Bertz CT molecular complexity index is 1170. The van der Waals surface area contributed by atoms with Crippen LogP contribution in [0.5, 0.6) is 0 Å². The Balaban J connectivity index is 1.67. The van der Waals surface area contributed by atoms with Crippen LogP contribution in [0.1, 0.15) is 34.6 Å². The SMILES string of the molecule is C=CC(=O)Nc1cc(-c2cc(-c3cc4c([nH]3)CNCCCCNC4=O)ccn2)cnc1C. The number of carbonyl (C=O) groups is 2. The predicted octanol–water partition coefficient (Wildman–Crippen LogP) is 3.18. The number of H-pyrrole nitrogens is 1. The predicted molar refractivity (Wildman–Crippen MR) is 124 cm³/mol. The smallest absolute Gasteiger partial charge is 0.253 e. The molecule has 0 aromatic carbocycles. The number of rotatable bonds is 4. The summed E-state index contributed by atoms with van der Waals surface area (Å²) in [5, 5.41) is 9.16. The van der Waals surface area contributed by atoms with Gasteiger partial charge < -0.3 is 20.9 Å². The van der Waals surface area contributed by atoms with Crippen molar-refractivity contribution in [3.63, 3.8) is 0 Å². The van der Waals surface area contributed by atoms with E-state index in [1.807, 2.05) is 31.2 Å². The first-order valence-electron chi connectivity index (χ1n) is 10.6. The van der Waals surface area contributed by atoms with E-state index in [1.54, 1.807) is 12.4 Å². The molecule has 1 aliphatic rings. The van der Waals surface area contributed by atoms with Crippen molar-refractivity contribution in [1.82, 2.24) is 25.6 Å². The molecule has 4 N–H and O–H groups in total. The van der Waals surface area contributed by atoms with Crippen molar-refractivity contribution in [2.24, 2.45) is 0 Å². The Hall–Kier alpha value is -3.78. The maximum absolute atomic E-state index is 12.6. The topological polar surface area (TPSA) is 112 Å². The van der Waals surface area contributed by atoms with Crippen molar-refractivity contribution in [3.05, 3.63) is 66.3 Å². The van der Waals surface area contributed by atoms with E-state index in [1.165, 1.54) is 6.08 Å². The third-order valence-electron chi connectivity index (χ3n) is 5.41. The number of fused-ring (bicyclic) bond motifs is 1. The molecule has 0 saturated carbocycles. The molecule has 1 aliphatic heterocycles. The molecule has 0 atom stereocenters. The summed E-state index contributed by atoms with van der Waals surface area (Å²) in [7, 11) is 0. The van der Waals surface area contributed by atoms with Gasteiger partial charge in [0.1, 0.15) is 0 Å². The van der Waals surface area contributed by atoms with Gasteiger partial charge in [-0.25, -0.2) is 0 Å². The first-order chi connectivity index (χ1) is 15.5. The molecule has 0 aliphatic carbocycles. The molecule has 0 bridgehead atoms. The molecule has 2 amide bonds. The van der Waals surface area contributed by atoms with Crippen LogP contribution in [0.4, 0.5) is 5.69 Å². The Kier molecular flexibility index (Phi) is 6.42. The Morgan fingerprint density at radius 1 is 1.16 bits per heavy atom. The van der Waals surface area contributed by atoms with E-state index in [0.717, 1.165) is 41.9 Å². The lowest BCUT2D eigenvalue weighted by molar-refractivity contribution is -0.111. The summed E-state index contributed by atoms with van der Waals surface area (Å²) < 4.78 is 0. The average Bonchev–Trinajstić information content (AvgIpc) is 3.24. The van der Waals surface area contributed by atoms with Crippen molar-refractivity contribution in [2.75, 3.05) is 18.4 Å². The fourth-order valence-electron chi connectivity index (χ4n) is 3.62. The van der Waals surface area contributed by atoms with Crippen molar-refractivity contribution < 1.29 is 9.59 Å². The second-order valence-electron chi connectivity index (χ2n) is 7.70. The normalized spacial score (nSPS) is 14.2. The van der Waals surface area contributed by atoms with Crippen LogP contribution in [0.25, 0.3) is 22.5 Å². The number of nitrogens with zero attached hydrogens (tertiary/aromatic N) is 2. The molecule has 0 unspecified atom stereocenters. The number of aryl methyl sites for hydroxylation is 1. The van der Waals surface area contributed by atoms with E-state index >= 15 is 0 Å². The Morgan fingerprint density at radius 3 is 2.84 bits per heavy atom. The van der Waals surface area contributed by atoms with Crippen LogP contribution in [0, 0.1) is 6.92 Å².